The van der Waals surface area contributed by atoms with Crippen LogP contribution in [0.1, 0.15) is 31.1 Å². The Hall–Kier alpha value is -2.51. The van der Waals surface area contributed by atoms with E-state index in [-0.39, 0.29) is 39.4 Å². The molecule has 0 amide bonds. The number of alkyl halides is 3. The van der Waals surface area contributed by atoms with Crippen molar-refractivity contribution in [3.05, 3.63) is 63.0 Å². The zero-order valence-electron chi connectivity index (χ0n) is 16.8. The molecule has 8 heteroatoms. The molecule has 1 saturated heterocycles. The minimum absolute atomic E-state index is 0.0148. The summed E-state index contributed by atoms with van der Waals surface area (Å²) in [6.07, 6.45) is -2.89. The topological polar surface area (TPSA) is 53.7 Å². The fraction of sp³-hybridized carbons (Fsp3) is 0.348. The van der Waals surface area contributed by atoms with Gasteiger partial charge in [0.2, 0.25) is 11.2 Å². The van der Waals surface area contributed by atoms with Crippen LogP contribution in [0.2, 0.25) is 5.02 Å². The van der Waals surface area contributed by atoms with Crippen molar-refractivity contribution in [1.82, 2.24) is 4.90 Å². The molecule has 3 aromatic rings. The first-order valence-electron chi connectivity index (χ1n) is 10.0. The van der Waals surface area contributed by atoms with Gasteiger partial charge in [0.05, 0.1) is 16.5 Å². The van der Waals surface area contributed by atoms with Gasteiger partial charge in [-0.05, 0) is 43.5 Å². The molecule has 1 fully saturated rings. The van der Waals surface area contributed by atoms with Crippen LogP contribution in [0.5, 0.6) is 5.75 Å². The van der Waals surface area contributed by atoms with Gasteiger partial charge in [-0.15, -0.1) is 0 Å². The molecule has 1 N–H and O–H groups in total. The number of phenols is 1. The van der Waals surface area contributed by atoms with E-state index in [9.17, 15) is 23.1 Å². The van der Waals surface area contributed by atoms with E-state index in [0.717, 1.165) is 25.9 Å². The van der Waals surface area contributed by atoms with E-state index in [1.807, 2.05) is 0 Å². The Balaban J connectivity index is 1.97. The summed E-state index contributed by atoms with van der Waals surface area (Å²) < 4.78 is 47.3. The maximum absolute atomic E-state index is 14.0. The number of rotatable bonds is 3. The van der Waals surface area contributed by atoms with Crippen molar-refractivity contribution in [1.29, 1.82) is 0 Å². The SMILES string of the molecule is CC1CCCN(Cc2c(O)ccc3c(=O)c(-c4ccccc4Cl)c(C(F)(F)F)oc23)C1. The summed E-state index contributed by atoms with van der Waals surface area (Å²) in [7, 11) is 0. The summed E-state index contributed by atoms with van der Waals surface area (Å²) in [5, 5.41) is 10.4. The molecule has 0 saturated carbocycles. The molecule has 1 unspecified atom stereocenters. The standard InChI is InChI=1S/C23H21ClF3NO3/c1-13-5-4-10-28(11-13)12-16-18(29)9-8-15-20(30)19(14-6-2-3-7-17(14)24)22(23(25,26)27)31-21(15)16/h2-3,6-9,13,29H,4-5,10-12H2,1H3. The Bertz CT molecular complexity index is 1190. The van der Waals surface area contributed by atoms with Crippen LogP contribution in [0.25, 0.3) is 22.1 Å². The van der Waals surface area contributed by atoms with Crippen LogP contribution in [0.3, 0.4) is 0 Å². The van der Waals surface area contributed by atoms with Gasteiger partial charge in [0.25, 0.3) is 0 Å². The number of nitrogens with zero attached hydrogens (tertiary/aromatic N) is 1. The monoisotopic (exact) mass is 451 g/mol. The van der Waals surface area contributed by atoms with Crippen molar-refractivity contribution in [2.75, 3.05) is 13.1 Å². The third kappa shape index (κ3) is 4.16. The van der Waals surface area contributed by atoms with Crippen LogP contribution < -0.4 is 5.43 Å². The first-order valence-corrected chi connectivity index (χ1v) is 10.4. The van der Waals surface area contributed by atoms with E-state index < -0.39 is 22.9 Å². The van der Waals surface area contributed by atoms with Gasteiger partial charge >= 0.3 is 6.18 Å². The predicted octanol–water partition coefficient (Wildman–Crippen LogP) is 6.07. The largest absolute Gasteiger partial charge is 0.507 e. The maximum Gasteiger partial charge on any atom is 0.450 e. The smallest absolute Gasteiger partial charge is 0.450 e. The van der Waals surface area contributed by atoms with Crippen LogP contribution in [-0.4, -0.2) is 23.1 Å². The first-order chi connectivity index (χ1) is 14.7. The zero-order chi connectivity index (χ0) is 22.3. The van der Waals surface area contributed by atoms with Gasteiger partial charge in [-0.1, -0.05) is 36.7 Å². The summed E-state index contributed by atoms with van der Waals surface area (Å²) in [4.78, 5) is 15.3. The van der Waals surface area contributed by atoms with Crippen LogP contribution in [-0.2, 0) is 12.7 Å². The highest BCUT2D eigenvalue weighted by Crippen LogP contribution is 2.41. The second kappa shape index (κ2) is 8.20. The van der Waals surface area contributed by atoms with Crippen molar-refractivity contribution < 1.29 is 22.7 Å². The quantitative estimate of drug-likeness (QED) is 0.525. The highest BCUT2D eigenvalue weighted by Gasteiger charge is 2.40. The van der Waals surface area contributed by atoms with Gasteiger partial charge in [-0.25, -0.2) is 0 Å². The average molecular weight is 452 g/mol. The van der Waals surface area contributed by atoms with E-state index in [2.05, 4.69) is 11.8 Å². The molecule has 1 aromatic heterocycles. The molecular formula is C23H21ClF3NO3. The van der Waals surface area contributed by atoms with Crippen LogP contribution in [0.15, 0.2) is 45.6 Å². The first kappa shape index (κ1) is 21.7. The Labute approximate surface area is 181 Å². The van der Waals surface area contributed by atoms with Crippen LogP contribution >= 0.6 is 11.6 Å². The highest BCUT2D eigenvalue weighted by atomic mass is 35.5. The molecular weight excluding hydrogens is 431 g/mol. The number of benzene rings is 2. The molecule has 0 radical (unpaired) electrons. The van der Waals surface area contributed by atoms with Gasteiger partial charge in [-0.2, -0.15) is 13.2 Å². The number of piperidine rings is 1. The fourth-order valence-electron chi connectivity index (χ4n) is 4.22. The van der Waals surface area contributed by atoms with Crippen molar-refractivity contribution in [3.8, 4) is 16.9 Å². The van der Waals surface area contributed by atoms with Crippen molar-refractivity contribution in [2.24, 2.45) is 5.92 Å². The van der Waals surface area contributed by atoms with E-state index >= 15 is 0 Å². The third-order valence-corrected chi connectivity index (χ3v) is 5.99. The minimum atomic E-state index is -4.93. The normalized spacial score (nSPS) is 17.9. The van der Waals surface area contributed by atoms with Gasteiger partial charge in [0.1, 0.15) is 11.3 Å². The maximum atomic E-state index is 14.0. The molecule has 1 atom stereocenters. The predicted molar refractivity (Wildman–Crippen MR) is 113 cm³/mol. The van der Waals surface area contributed by atoms with Crippen molar-refractivity contribution in [3.63, 3.8) is 0 Å². The number of fused-ring (bicyclic) bond motifs is 1. The lowest BCUT2D eigenvalue weighted by Crippen LogP contribution is -2.33. The van der Waals surface area contributed by atoms with Gasteiger partial charge in [-0.3, -0.25) is 9.69 Å². The Morgan fingerprint density at radius 2 is 1.97 bits per heavy atom. The molecule has 31 heavy (non-hydrogen) atoms. The fourth-order valence-corrected chi connectivity index (χ4v) is 4.45. The van der Waals surface area contributed by atoms with Gasteiger partial charge in [0, 0.05) is 23.7 Å². The lowest BCUT2D eigenvalue weighted by molar-refractivity contribution is -0.152. The average Bonchev–Trinajstić information content (AvgIpc) is 2.70. The molecule has 1 aliphatic rings. The van der Waals surface area contributed by atoms with E-state index in [4.69, 9.17) is 16.0 Å². The molecule has 4 rings (SSSR count). The van der Waals surface area contributed by atoms with Gasteiger partial charge < -0.3 is 9.52 Å². The molecule has 2 heterocycles. The third-order valence-electron chi connectivity index (χ3n) is 5.66. The van der Waals surface area contributed by atoms with E-state index in [1.54, 1.807) is 6.07 Å². The Morgan fingerprint density at radius 1 is 1.23 bits per heavy atom. The number of hydrogen-bond donors (Lipinski definition) is 1. The zero-order valence-corrected chi connectivity index (χ0v) is 17.6. The van der Waals surface area contributed by atoms with E-state index in [0.29, 0.717) is 5.92 Å². The summed E-state index contributed by atoms with van der Waals surface area (Å²) >= 11 is 6.11. The number of phenolic OH excluding ortho intramolecular Hbond substituents is 1. The van der Waals surface area contributed by atoms with Crippen molar-refractivity contribution in [2.45, 2.75) is 32.5 Å². The lowest BCUT2D eigenvalue weighted by Gasteiger charge is -2.31. The number of halogens is 4. The van der Waals surface area contributed by atoms with Crippen molar-refractivity contribution >= 4 is 22.6 Å². The second-order valence-electron chi connectivity index (χ2n) is 8.04. The molecule has 164 valence electrons. The molecule has 1 aliphatic heterocycles. The van der Waals surface area contributed by atoms with Crippen LogP contribution in [0, 0.1) is 5.92 Å². The lowest BCUT2D eigenvalue weighted by atomic mass is 9.98. The highest BCUT2D eigenvalue weighted by molar-refractivity contribution is 6.33. The molecule has 4 nitrogen and oxygen atoms in total. The number of hydrogen-bond acceptors (Lipinski definition) is 4. The summed E-state index contributed by atoms with van der Waals surface area (Å²) in [5.74, 6) is -1.18. The molecule has 0 spiro atoms. The number of aromatic hydroxyl groups is 1. The van der Waals surface area contributed by atoms with E-state index in [1.165, 1.54) is 30.3 Å². The Morgan fingerprint density at radius 3 is 2.65 bits per heavy atom. The number of likely N-dealkylation sites (tertiary alicyclic amines) is 1. The summed E-state index contributed by atoms with van der Waals surface area (Å²) in [5.41, 5.74) is -1.58. The molecule has 2 aromatic carbocycles. The second-order valence-corrected chi connectivity index (χ2v) is 8.44. The summed E-state index contributed by atoms with van der Waals surface area (Å²) in [6, 6.07) is 8.46. The minimum Gasteiger partial charge on any atom is -0.507 e. The summed E-state index contributed by atoms with van der Waals surface area (Å²) in [6.45, 7) is 3.81. The van der Waals surface area contributed by atoms with Crippen LogP contribution in [0.4, 0.5) is 13.2 Å². The molecule has 0 aliphatic carbocycles. The Kier molecular flexibility index (Phi) is 5.75. The van der Waals surface area contributed by atoms with Gasteiger partial charge in [0.15, 0.2) is 0 Å². The molecule has 0 bridgehead atoms.